The van der Waals surface area contributed by atoms with Crippen LogP contribution in [0.15, 0.2) is 71.6 Å². The van der Waals surface area contributed by atoms with Crippen LogP contribution in [0.25, 0.3) is 0 Å². The van der Waals surface area contributed by atoms with Crippen LogP contribution in [-0.4, -0.2) is 62.7 Å². The van der Waals surface area contributed by atoms with Crippen LogP contribution in [0, 0.1) is 18.7 Å². The van der Waals surface area contributed by atoms with Crippen molar-refractivity contribution in [3.63, 3.8) is 0 Å². The number of benzene rings is 4. The Morgan fingerprint density at radius 2 is 1.49 bits per heavy atom. The number of aryl methyl sites for hydroxylation is 1. The van der Waals surface area contributed by atoms with E-state index in [0.717, 1.165) is 32.8 Å². The number of fused-ring (bicyclic) bond motifs is 1. The van der Waals surface area contributed by atoms with Gasteiger partial charge in [-0.2, -0.15) is 13.2 Å². The number of methoxy groups -OCH3 is 2. The number of nitrogens with zero attached hydrogens (tertiary/aromatic N) is 3. The molecule has 1 amide bonds. The Morgan fingerprint density at radius 1 is 0.898 bits per heavy atom. The maximum absolute atomic E-state index is 17.7. The van der Waals surface area contributed by atoms with E-state index in [1.165, 1.54) is 13.0 Å². The van der Waals surface area contributed by atoms with E-state index >= 15 is 17.6 Å². The van der Waals surface area contributed by atoms with Crippen LogP contribution >= 0.6 is 11.8 Å². The first-order valence-electron chi connectivity index (χ1n) is 20.3. The van der Waals surface area contributed by atoms with Crippen molar-refractivity contribution in [3.05, 3.63) is 111 Å². The molecule has 59 heavy (non-hydrogen) atoms. The number of halogens is 4. The maximum Gasteiger partial charge on any atom is 0.417 e. The third-order valence-corrected chi connectivity index (χ3v) is 12.4. The Morgan fingerprint density at radius 3 is 1.98 bits per heavy atom. The summed E-state index contributed by atoms with van der Waals surface area (Å²) in [6, 6.07) is 20.4. The van der Waals surface area contributed by atoms with Crippen molar-refractivity contribution < 1.29 is 36.6 Å². The number of amides is 1. The van der Waals surface area contributed by atoms with Crippen molar-refractivity contribution >= 4 is 29.2 Å². The SMILES string of the molecule is CCC1Cc2c(cc(SC)cc2N2CCN(C(=O)OC(C)(C)C)C[C@@H]2C)CC1c1c(F)c(N(Cc2ccc(OC)cc2)Cc2ccc(OC)cc2)cc(C)c1C(F)(F)F. The smallest absolute Gasteiger partial charge is 0.417 e. The van der Waals surface area contributed by atoms with Crippen molar-refractivity contribution in [3.8, 4) is 11.5 Å². The Labute approximate surface area is 351 Å². The maximum atomic E-state index is 17.7. The van der Waals surface area contributed by atoms with Crippen LogP contribution in [-0.2, 0) is 36.8 Å². The number of piperazine rings is 1. The molecule has 1 heterocycles. The van der Waals surface area contributed by atoms with Gasteiger partial charge in [0.15, 0.2) is 5.82 Å². The number of hydrogen-bond donors (Lipinski definition) is 0. The van der Waals surface area contributed by atoms with Gasteiger partial charge in [0, 0.05) is 54.9 Å². The lowest BCUT2D eigenvalue weighted by Crippen LogP contribution is -2.55. The van der Waals surface area contributed by atoms with Crippen LogP contribution in [0.2, 0.25) is 0 Å². The van der Waals surface area contributed by atoms with Gasteiger partial charge in [-0.1, -0.05) is 37.6 Å². The van der Waals surface area contributed by atoms with Gasteiger partial charge in [-0.3, -0.25) is 0 Å². The molecule has 0 bridgehead atoms. The molecule has 4 aromatic rings. The van der Waals surface area contributed by atoms with E-state index in [2.05, 4.69) is 24.0 Å². The van der Waals surface area contributed by atoms with Crippen LogP contribution in [0.4, 0.5) is 33.7 Å². The van der Waals surface area contributed by atoms with Gasteiger partial charge in [0.2, 0.25) is 0 Å². The van der Waals surface area contributed by atoms with Crippen molar-refractivity contribution in [2.24, 2.45) is 5.92 Å². The van der Waals surface area contributed by atoms with E-state index < -0.39 is 29.1 Å². The minimum absolute atomic E-state index is 0.00533. The zero-order chi connectivity index (χ0) is 42.8. The van der Waals surface area contributed by atoms with E-state index in [-0.39, 0.29) is 54.4 Å². The number of anilines is 2. The predicted octanol–water partition coefficient (Wildman–Crippen LogP) is 11.5. The summed E-state index contributed by atoms with van der Waals surface area (Å²) in [5, 5.41) is 0. The third-order valence-electron chi connectivity index (χ3n) is 11.7. The molecule has 1 fully saturated rings. The van der Waals surface area contributed by atoms with Crippen molar-refractivity contribution in [2.45, 2.75) is 103 Å². The highest BCUT2D eigenvalue weighted by molar-refractivity contribution is 7.98. The molecule has 7 nitrogen and oxygen atoms in total. The van der Waals surface area contributed by atoms with Crippen molar-refractivity contribution in [1.82, 2.24) is 4.90 Å². The zero-order valence-corrected chi connectivity index (χ0v) is 36.5. The summed E-state index contributed by atoms with van der Waals surface area (Å²) in [4.78, 5) is 19.9. The number of alkyl halides is 3. The number of thioether (sulfide) groups is 1. The summed E-state index contributed by atoms with van der Waals surface area (Å²) in [5.41, 5.74) is 3.15. The summed E-state index contributed by atoms with van der Waals surface area (Å²) in [6.45, 7) is 13.1. The zero-order valence-electron chi connectivity index (χ0n) is 35.6. The molecule has 1 aliphatic heterocycles. The first-order valence-corrected chi connectivity index (χ1v) is 21.5. The van der Waals surface area contributed by atoms with E-state index in [4.69, 9.17) is 14.2 Å². The Balaban J connectivity index is 1.43. The molecule has 3 atom stereocenters. The second-order valence-corrected chi connectivity index (χ2v) is 17.7. The first-order chi connectivity index (χ1) is 27.9. The Hall–Kier alpha value is -4.58. The molecule has 0 radical (unpaired) electrons. The molecule has 0 N–H and O–H groups in total. The first kappa shape index (κ1) is 44.0. The molecule has 6 rings (SSSR count). The second kappa shape index (κ2) is 18.0. The lowest BCUT2D eigenvalue weighted by atomic mass is 9.69. The summed E-state index contributed by atoms with van der Waals surface area (Å²) in [5.74, 6) is -0.477. The monoisotopic (exact) mass is 835 g/mol. The number of carbonyl (C=O) groups excluding carboxylic acids is 1. The molecule has 0 spiro atoms. The van der Waals surface area contributed by atoms with E-state index in [1.54, 1.807) is 30.9 Å². The molecule has 0 saturated carbocycles. The van der Waals surface area contributed by atoms with Crippen molar-refractivity contribution in [2.75, 3.05) is 49.9 Å². The minimum Gasteiger partial charge on any atom is -0.497 e. The Bertz CT molecular complexity index is 2050. The summed E-state index contributed by atoms with van der Waals surface area (Å²) >= 11 is 1.57. The summed E-state index contributed by atoms with van der Waals surface area (Å²) in [6.07, 6.45) is -1.80. The molecular formula is C47H57F4N3O4S. The van der Waals surface area contributed by atoms with Crippen LogP contribution < -0.4 is 19.3 Å². The highest BCUT2D eigenvalue weighted by Gasteiger charge is 2.44. The minimum atomic E-state index is -4.77. The largest absolute Gasteiger partial charge is 0.497 e. The Kier molecular flexibility index (Phi) is 13.4. The number of ether oxygens (including phenoxy) is 3. The van der Waals surface area contributed by atoms with E-state index in [9.17, 15) is 4.79 Å². The lowest BCUT2D eigenvalue weighted by molar-refractivity contribution is -0.139. The lowest BCUT2D eigenvalue weighted by Gasteiger charge is -2.44. The second-order valence-electron chi connectivity index (χ2n) is 16.8. The van der Waals surface area contributed by atoms with Gasteiger partial charge in [-0.25, -0.2) is 9.18 Å². The molecule has 0 aromatic heterocycles. The number of rotatable bonds is 11. The van der Waals surface area contributed by atoms with Crippen molar-refractivity contribution in [1.29, 1.82) is 0 Å². The standard InChI is InChI=1S/C47H57F4N3O4S/c1-10-33-23-38-34(22-37(59-9)25-40(38)54-20-19-52(26-30(54)3)45(55)58-46(4,5)6)24-39(33)42-43(47(49,50)51)29(2)21-41(44(42)48)53(27-31-11-15-35(56-7)16-12-31)28-32-13-17-36(57-8)18-14-32/h11-18,21-22,25,30,33,39H,10,19-20,23-24,26-28H2,1-9H3/t30-,33?,39?/m0/s1. The fourth-order valence-electron chi connectivity index (χ4n) is 8.75. The molecular weight excluding hydrogens is 779 g/mol. The highest BCUT2D eigenvalue weighted by atomic mass is 32.2. The molecule has 4 aromatic carbocycles. The topological polar surface area (TPSA) is 54.5 Å². The fraction of sp³-hybridized carbons (Fsp3) is 0.468. The van der Waals surface area contributed by atoms with Gasteiger partial charge in [-0.05, 0) is 136 Å². The molecule has 318 valence electrons. The van der Waals surface area contributed by atoms with Gasteiger partial charge in [0.25, 0.3) is 0 Å². The fourth-order valence-corrected chi connectivity index (χ4v) is 9.24. The van der Waals surface area contributed by atoms with Crippen LogP contribution in [0.5, 0.6) is 11.5 Å². The van der Waals surface area contributed by atoms with Gasteiger partial charge >= 0.3 is 12.3 Å². The molecule has 2 aliphatic rings. The average Bonchev–Trinajstić information content (AvgIpc) is 3.19. The summed E-state index contributed by atoms with van der Waals surface area (Å²) in [7, 11) is 3.16. The average molecular weight is 836 g/mol. The highest BCUT2D eigenvalue weighted by Crippen LogP contribution is 2.50. The molecule has 2 unspecified atom stereocenters. The number of carbonyl (C=O) groups is 1. The molecule has 1 saturated heterocycles. The van der Waals surface area contributed by atoms with Crippen LogP contribution in [0.1, 0.15) is 85.9 Å². The van der Waals surface area contributed by atoms with Gasteiger partial charge < -0.3 is 28.9 Å². The third kappa shape index (κ3) is 9.90. The molecule has 1 aliphatic carbocycles. The van der Waals surface area contributed by atoms with Gasteiger partial charge in [0.1, 0.15) is 17.1 Å². The van der Waals surface area contributed by atoms with Crippen LogP contribution in [0.3, 0.4) is 0 Å². The predicted molar refractivity (Wildman–Crippen MR) is 229 cm³/mol. The van der Waals surface area contributed by atoms with Gasteiger partial charge in [-0.15, -0.1) is 11.8 Å². The normalized spacial score (nSPS) is 18.4. The number of hydrogen-bond acceptors (Lipinski definition) is 7. The van der Waals surface area contributed by atoms with Gasteiger partial charge in [0.05, 0.1) is 25.5 Å². The van der Waals surface area contributed by atoms with E-state index in [1.807, 2.05) is 87.4 Å². The van der Waals surface area contributed by atoms with E-state index in [0.29, 0.717) is 44.0 Å². The summed E-state index contributed by atoms with van der Waals surface area (Å²) < 4.78 is 80.1. The molecule has 12 heteroatoms. The quantitative estimate of drug-likeness (QED) is 0.110.